The van der Waals surface area contributed by atoms with Gasteiger partial charge in [-0.05, 0) is 48.9 Å². The van der Waals surface area contributed by atoms with Crippen LogP contribution >= 0.6 is 11.6 Å². The lowest BCUT2D eigenvalue weighted by Gasteiger charge is -2.10. The van der Waals surface area contributed by atoms with E-state index < -0.39 is 5.91 Å². The fourth-order valence-corrected chi connectivity index (χ4v) is 2.33. The van der Waals surface area contributed by atoms with E-state index >= 15 is 0 Å². The molecule has 0 saturated carbocycles. The third-order valence-corrected chi connectivity index (χ3v) is 3.94. The highest BCUT2D eigenvalue weighted by Gasteiger charge is 2.10. The van der Waals surface area contributed by atoms with Crippen molar-refractivity contribution in [1.29, 1.82) is 0 Å². The number of anilines is 3. The van der Waals surface area contributed by atoms with Gasteiger partial charge in [0.1, 0.15) is 23.7 Å². The van der Waals surface area contributed by atoms with E-state index in [1.165, 1.54) is 36.7 Å². The highest BCUT2D eigenvalue weighted by atomic mass is 35.5. The van der Waals surface area contributed by atoms with Crippen molar-refractivity contribution in [3.8, 4) is 0 Å². The number of nitrogens with one attached hydrogen (secondary N) is 2. The topological polar surface area (TPSA) is 66.9 Å². The monoisotopic (exact) mass is 356 g/mol. The average Bonchev–Trinajstić information content (AvgIpc) is 2.61. The molecule has 0 aliphatic rings. The summed E-state index contributed by atoms with van der Waals surface area (Å²) in [4.78, 5) is 20.4. The highest BCUT2D eigenvalue weighted by Crippen LogP contribution is 2.25. The SMILES string of the molecule is Cc1c(Cl)cccc1Nc1cc(C(=O)Nc2ccc(F)cc2)ncn1. The molecule has 7 heteroatoms. The van der Waals surface area contributed by atoms with Crippen LogP contribution in [0.4, 0.5) is 21.6 Å². The van der Waals surface area contributed by atoms with Crippen LogP contribution in [0.5, 0.6) is 0 Å². The molecule has 25 heavy (non-hydrogen) atoms. The zero-order chi connectivity index (χ0) is 17.8. The van der Waals surface area contributed by atoms with Crippen LogP contribution in [-0.4, -0.2) is 15.9 Å². The summed E-state index contributed by atoms with van der Waals surface area (Å²) in [5, 5.41) is 6.40. The van der Waals surface area contributed by atoms with E-state index in [1.807, 2.05) is 19.1 Å². The first-order valence-electron chi connectivity index (χ1n) is 7.44. The molecule has 0 aliphatic heterocycles. The summed E-state index contributed by atoms with van der Waals surface area (Å²) < 4.78 is 12.9. The van der Waals surface area contributed by atoms with Crippen LogP contribution in [0.1, 0.15) is 16.1 Å². The molecule has 2 N–H and O–H groups in total. The molecule has 2 aromatic carbocycles. The molecule has 0 saturated heterocycles. The van der Waals surface area contributed by atoms with Crippen LogP contribution < -0.4 is 10.6 Å². The van der Waals surface area contributed by atoms with Crippen LogP contribution in [0.25, 0.3) is 0 Å². The molecule has 0 aliphatic carbocycles. The van der Waals surface area contributed by atoms with Gasteiger partial charge in [-0.3, -0.25) is 4.79 Å². The van der Waals surface area contributed by atoms with Gasteiger partial charge in [-0.15, -0.1) is 0 Å². The zero-order valence-corrected chi connectivity index (χ0v) is 14.0. The predicted molar refractivity (Wildman–Crippen MR) is 95.9 cm³/mol. The van der Waals surface area contributed by atoms with Gasteiger partial charge < -0.3 is 10.6 Å². The average molecular weight is 357 g/mol. The largest absolute Gasteiger partial charge is 0.340 e. The smallest absolute Gasteiger partial charge is 0.274 e. The number of nitrogens with zero attached hydrogens (tertiary/aromatic N) is 2. The number of amides is 1. The maximum Gasteiger partial charge on any atom is 0.274 e. The Morgan fingerprint density at radius 3 is 2.64 bits per heavy atom. The van der Waals surface area contributed by atoms with Crippen molar-refractivity contribution >= 4 is 34.7 Å². The quantitative estimate of drug-likeness (QED) is 0.718. The first kappa shape index (κ1) is 16.9. The number of benzene rings is 2. The van der Waals surface area contributed by atoms with Crippen LogP contribution in [0, 0.1) is 12.7 Å². The van der Waals surface area contributed by atoms with Crippen molar-refractivity contribution in [2.45, 2.75) is 6.92 Å². The Balaban J connectivity index is 1.77. The standard InChI is InChI=1S/C18H14ClFN4O/c1-11-14(19)3-2-4-15(11)24-17-9-16(21-10-22-17)18(25)23-13-7-5-12(20)6-8-13/h2-10H,1H3,(H,23,25)(H,21,22,24). The van der Waals surface area contributed by atoms with Crippen LogP contribution in [0.2, 0.25) is 5.02 Å². The number of aromatic nitrogens is 2. The van der Waals surface area contributed by atoms with E-state index in [1.54, 1.807) is 6.07 Å². The third-order valence-electron chi connectivity index (χ3n) is 3.53. The Bertz CT molecular complexity index is 915. The second kappa shape index (κ2) is 7.27. The Labute approximate surface area is 148 Å². The summed E-state index contributed by atoms with van der Waals surface area (Å²) in [6.07, 6.45) is 1.29. The molecule has 0 radical (unpaired) electrons. The van der Waals surface area contributed by atoms with Crippen molar-refractivity contribution in [3.05, 3.63) is 77.0 Å². The summed E-state index contributed by atoms with van der Waals surface area (Å²) in [6, 6.07) is 12.5. The van der Waals surface area contributed by atoms with Gasteiger partial charge in [-0.25, -0.2) is 14.4 Å². The van der Waals surface area contributed by atoms with Crippen LogP contribution in [0.3, 0.4) is 0 Å². The summed E-state index contributed by atoms with van der Waals surface area (Å²) in [7, 11) is 0. The molecule has 5 nitrogen and oxygen atoms in total. The summed E-state index contributed by atoms with van der Waals surface area (Å²) >= 11 is 6.10. The first-order valence-corrected chi connectivity index (χ1v) is 7.82. The Kier molecular flexibility index (Phi) is 4.90. The molecule has 0 fully saturated rings. The fraction of sp³-hybridized carbons (Fsp3) is 0.0556. The molecule has 1 heterocycles. The highest BCUT2D eigenvalue weighted by molar-refractivity contribution is 6.31. The van der Waals surface area contributed by atoms with Gasteiger partial charge in [0, 0.05) is 22.5 Å². The second-order valence-corrected chi connectivity index (χ2v) is 5.69. The minimum absolute atomic E-state index is 0.182. The maximum atomic E-state index is 12.9. The summed E-state index contributed by atoms with van der Waals surface area (Å²) in [5.41, 5.74) is 2.32. The molecule has 0 spiro atoms. The van der Waals surface area contributed by atoms with Gasteiger partial charge in [0.25, 0.3) is 5.91 Å². The molecule has 1 aromatic heterocycles. The van der Waals surface area contributed by atoms with Gasteiger partial charge >= 0.3 is 0 Å². The minimum atomic E-state index is -0.417. The Hall–Kier alpha value is -2.99. The Morgan fingerprint density at radius 2 is 1.88 bits per heavy atom. The lowest BCUT2D eigenvalue weighted by molar-refractivity contribution is 0.102. The van der Waals surface area contributed by atoms with Crippen molar-refractivity contribution in [2.24, 2.45) is 0 Å². The van der Waals surface area contributed by atoms with E-state index in [9.17, 15) is 9.18 Å². The number of halogens is 2. The van der Waals surface area contributed by atoms with E-state index in [0.717, 1.165) is 11.3 Å². The molecular weight excluding hydrogens is 343 g/mol. The molecule has 0 bridgehead atoms. The molecule has 1 amide bonds. The van der Waals surface area contributed by atoms with Gasteiger partial charge in [-0.2, -0.15) is 0 Å². The molecule has 3 rings (SSSR count). The van der Waals surface area contributed by atoms with Gasteiger partial charge in [0.05, 0.1) is 0 Å². The molecule has 3 aromatic rings. The number of carbonyl (C=O) groups excluding carboxylic acids is 1. The van der Waals surface area contributed by atoms with E-state index in [-0.39, 0.29) is 11.5 Å². The lowest BCUT2D eigenvalue weighted by atomic mass is 10.2. The van der Waals surface area contributed by atoms with Crippen molar-refractivity contribution in [1.82, 2.24) is 9.97 Å². The van der Waals surface area contributed by atoms with E-state index in [4.69, 9.17) is 11.6 Å². The normalized spacial score (nSPS) is 10.4. The number of carbonyl (C=O) groups is 1. The minimum Gasteiger partial charge on any atom is -0.340 e. The van der Waals surface area contributed by atoms with E-state index in [0.29, 0.717) is 16.5 Å². The third kappa shape index (κ3) is 4.10. The van der Waals surface area contributed by atoms with Gasteiger partial charge in [0.2, 0.25) is 0 Å². The molecule has 0 unspecified atom stereocenters. The summed E-state index contributed by atoms with van der Waals surface area (Å²) in [5.74, 6) is -0.326. The summed E-state index contributed by atoms with van der Waals surface area (Å²) in [6.45, 7) is 1.88. The lowest BCUT2D eigenvalue weighted by Crippen LogP contribution is -2.14. The second-order valence-electron chi connectivity index (χ2n) is 5.29. The maximum absolute atomic E-state index is 12.9. The van der Waals surface area contributed by atoms with Crippen molar-refractivity contribution < 1.29 is 9.18 Å². The molecule has 126 valence electrons. The predicted octanol–water partition coefficient (Wildman–Crippen LogP) is 4.57. The van der Waals surface area contributed by atoms with Crippen LogP contribution in [-0.2, 0) is 0 Å². The van der Waals surface area contributed by atoms with Crippen molar-refractivity contribution in [3.63, 3.8) is 0 Å². The fourth-order valence-electron chi connectivity index (χ4n) is 2.16. The van der Waals surface area contributed by atoms with E-state index in [2.05, 4.69) is 20.6 Å². The van der Waals surface area contributed by atoms with Crippen LogP contribution in [0.15, 0.2) is 54.9 Å². The Morgan fingerprint density at radius 1 is 1.12 bits per heavy atom. The number of hydrogen-bond acceptors (Lipinski definition) is 4. The molecule has 0 atom stereocenters. The van der Waals surface area contributed by atoms with Gasteiger partial charge in [-0.1, -0.05) is 17.7 Å². The molecular formula is C18H14ClFN4O. The van der Waals surface area contributed by atoms with Gasteiger partial charge in [0.15, 0.2) is 0 Å². The van der Waals surface area contributed by atoms with Crippen molar-refractivity contribution in [2.75, 3.05) is 10.6 Å². The number of hydrogen-bond donors (Lipinski definition) is 2. The number of rotatable bonds is 4. The zero-order valence-electron chi connectivity index (χ0n) is 13.3. The first-order chi connectivity index (χ1) is 12.0.